The van der Waals surface area contributed by atoms with Crippen molar-refractivity contribution >= 4 is 17.9 Å². The lowest BCUT2D eigenvalue weighted by molar-refractivity contribution is -0.167. The van der Waals surface area contributed by atoms with E-state index in [9.17, 15) is 14.4 Å². The molecule has 370 valence electrons. The smallest absolute Gasteiger partial charge is 0.306 e. The number of rotatable bonds is 49. The molecule has 0 heterocycles. The maximum Gasteiger partial charge on any atom is 0.306 e. The van der Waals surface area contributed by atoms with Crippen LogP contribution in [0.2, 0.25) is 0 Å². The van der Waals surface area contributed by atoms with Crippen LogP contribution in [0.25, 0.3) is 0 Å². The first kappa shape index (κ1) is 61.1. The van der Waals surface area contributed by atoms with E-state index in [4.69, 9.17) is 14.2 Å². The number of carbonyl (C=O) groups excluding carboxylic acids is 3. The lowest BCUT2D eigenvalue weighted by atomic mass is 10.0. The van der Waals surface area contributed by atoms with Crippen molar-refractivity contribution in [3.63, 3.8) is 0 Å². The summed E-state index contributed by atoms with van der Waals surface area (Å²) in [4.78, 5) is 38.0. The Hall–Kier alpha value is -2.89. The van der Waals surface area contributed by atoms with Crippen molar-refractivity contribution in [1.82, 2.24) is 0 Å². The minimum Gasteiger partial charge on any atom is -0.462 e. The lowest BCUT2D eigenvalue weighted by Gasteiger charge is -2.18. The molecule has 1 unspecified atom stereocenters. The summed E-state index contributed by atoms with van der Waals surface area (Å²) >= 11 is 0. The molecule has 0 saturated carbocycles. The highest BCUT2D eigenvalue weighted by Gasteiger charge is 2.19. The van der Waals surface area contributed by atoms with Crippen LogP contribution in [0.15, 0.2) is 60.8 Å². The maximum atomic E-state index is 12.8. The number of ether oxygens (including phenoxy) is 3. The van der Waals surface area contributed by atoms with Crippen LogP contribution in [0.1, 0.15) is 271 Å². The van der Waals surface area contributed by atoms with Crippen molar-refractivity contribution < 1.29 is 28.6 Å². The van der Waals surface area contributed by atoms with Gasteiger partial charge in [0, 0.05) is 19.3 Å². The van der Waals surface area contributed by atoms with Crippen LogP contribution in [0, 0.1) is 0 Å². The van der Waals surface area contributed by atoms with Gasteiger partial charge in [-0.3, -0.25) is 14.4 Å². The lowest BCUT2D eigenvalue weighted by Crippen LogP contribution is -2.30. The Kier molecular flexibility index (Phi) is 50.4. The van der Waals surface area contributed by atoms with Crippen LogP contribution in [0.3, 0.4) is 0 Å². The Labute approximate surface area is 396 Å². The van der Waals surface area contributed by atoms with Crippen LogP contribution in [0.5, 0.6) is 0 Å². The van der Waals surface area contributed by atoms with Crippen molar-refractivity contribution in [2.24, 2.45) is 0 Å². The van der Waals surface area contributed by atoms with E-state index >= 15 is 0 Å². The third kappa shape index (κ3) is 50.1. The van der Waals surface area contributed by atoms with Crippen LogP contribution in [-0.2, 0) is 28.6 Å². The highest BCUT2D eigenvalue weighted by Crippen LogP contribution is 2.16. The second-order valence-electron chi connectivity index (χ2n) is 18.1. The summed E-state index contributed by atoms with van der Waals surface area (Å²) in [5.41, 5.74) is 0. The topological polar surface area (TPSA) is 78.9 Å². The molecular weight excluding hydrogens is 793 g/mol. The zero-order valence-electron chi connectivity index (χ0n) is 42.3. The van der Waals surface area contributed by atoms with Crippen LogP contribution >= 0.6 is 0 Å². The predicted octanol–water partition coefficient (Wildman–Crippen LogP) is 18.0. The molecule has 0 amide bonds. The summed E-state index contributed by atoms with van der Waals surface area (Å²) < 4.78 is 16.8. The quantitative estimate of drug-likeness (QED) is 0.0262. The van der Waals surface area contributed by atoms with Gasteiger partial charge < -0.3 is 14.2 Å². The average Bonchev–Trinajstić information content (AvgIpc) is 3.29. The number of hydrogen-bond acceptors (Lipinski definition) is 6. The first-order valence-corrected chi connectivity index (χ1v) is 27.3. The Morgan fingerprint density at radius 3 is 0.953 bits per heavy atom. The summed E-state index contributed by atoms with van der Waals surface area (Å²) in [7, 11) is 0. The SMILES string of the molecule is CC/C=C\C/C=C\C/C=C\C/C=C\C/C=C\CCCCCCCCCC(=O)OCC(COC(=O)CCCCCCCCCCCC)OC(=O)CCCCCCCCCCCCCCC. The monoisotopic (exact) mass is 895 g/mol. The standard InChI is InChI=1S/C58H102O6/c1-4-7-10-13-16-19-22-24-25-26-27-28-29-30-31-32-33-35-36-39-42-45-48-51-57(60)63-54-55(53-62-56(59)50-47-44-41-38-21-18-15-12-9-6-3)64-58(61)52-49-46-43-40-37-34-23-20-17-14-11-8-5-2/h7,10,16,19,24-25,27-28,30-31,55H,4-6,8-9,11-15,17-18,20-23,26,29,32-54H2,1-3H3/b10-7-,19-16-,25-24-,28-27-,31-30-. The Bertz CT molecular complexity index is 1170. The van der Waals surface area contributed by atoms with Crippen molar-refractivity contribution in [2.75, 3.05) is 13.2 Å². The maximum absolute atomic E-state index is 12.8. The molecular formula is C58H102O6. The third-order valence-corrected chi connectivity index (χ3v) is 11.8. The van der Waals surface area contributed by atoms with Gasteiger partial charge in [-0.05, 0) is 64.2 Å². The van der Waals surface area contributed by atoms with Gasteiger partial charge in [0.2, 0.25) is 0 Å². The number of hydrogen-bond donors (Lipinski definition) is 0. The van der Waals surface area contributed by atoms with Crippen molar-refractivity contribution in [2.45, 2.75) is 277 Å². The van der Waals surface area contributed by atoms with Crippen molar-refractivity contribution in [3.8, 4) is 0 Å². The number of esters is 3. The third-order valence-electron chi connectivity index (χ3n) is 11.8. The van der Waals surface area contributed by atoms with E-state index in [1.54, 1.807) is 0 Å². The zero-order chi connectivity index (χ0) is 46.5. The van der Waals surface area contributed by atoms with Gasteiger partial charge in [0.1, 0.15) is 13.2 Å². The van der Waals surface area contributed by atoms with Gasteiger partial charge in [-0.15, -0.1) is 0 Å². The van der Waals surface area contributed by atoms with Gasteiger partial charge in [0.05, 0.1) is 0 Å². The molecule has 0 aliphatic carbocycles. The molecule has 0 aromatic heterocycles. The number of carbonyl (C=O) groups is 3. The minimum atomic E-state index is -0.773. The normalized spacial score (nSPS) is 12.5. The minimum absolute atomic E-state index is 0.0741. The summed E-state index contributed by atoms with van der Waals surface area (Å²) in [6.07, 6.45) is 64.9. The number of unbranched alkanes of at least 4 members (excludes halogenated alkanes) is 28. The molecule has 0 aromatic carbocycles. The van der Waals surface area contributed by atoms with Crippen LogP contribution in [-0.4, -0.2) is 37.2 Å². The fourth-order valence-electron chi connectivity index (χ4n) is 7.70. The van der Waals surface area contributed by atoms with Gasteiger partial charge in [-0.2, -0.15) is 0 Å². The Balaban J connectivity index is 4.28. The van der Waals surface area contributed by atoms with Crippen LogP contribution in [0.4, 0.5) is 0 Å². The van der Waals surface area contributed by atoms with E-state index in [0.29, 0.717) is 19.3 Å². The first-order chi connectivity index (χ1) is 31.5. The summed E-state index contributed by atoms with van der Waals surface area (Å²) in [5, 5.41) is 0. The molecule has 0 spiro atoms. The van der Waals surface area contributed by atoms with E-state index < -0.39 is 6.10 Å². The molecule has 0 N–H and O–H groups in total. The highest BCUT2D eigenvalue weighted by atomic mass is 16.6. The predicted molar refractivity (Wildman–Crippen MR) is 275 cm³/mol. The molecule has 0 aliphatic heterocycles. The molecule has 0 radical (unpaired) electrons. The van der Waals surface area contributed by atoms with E-state index in [2.05, 4.69) is 81.5 Å². The molecule has 0 aromatic rings. The van der Waals surface area contributed by atoms with Crippen LogP contribution < -0.4 is 0 Å². The van der Waals surface area contributed by atoms with E-state index in [-0.39, 0.29) is 31.1 Å². The van der Waals surface area contributed by atoms with Crippen molar-refractivity contribution in [3.05, 3.63) is 60.8 Å². The summed E-state index contributed by atoms with van der Waals surface area (Å²) in [5.74, 6) is -0.878. The van der Waals surface area contributed by atoms with E-state index in [0.717, 1.165) is 96.3 Å². The fraction of sp³-hybridized carbons (Fsp3) is 0.776. The molecule has 6 heteroatoms. The Morgan fingerprint density at radius 1 is 0.328 bits per heavy atom. The fourth-order valence-corrected chi connectivity index (χ4v) is 7.70. The van der Waals surface area contributed by atoms with Gasteiger partial charge in [0.15, 0.2) is 6.10 Å². The largest absolute Gasteiger partial charge is 0.462 e. The molecule has 0 aliphatic rings. The van der Waals surface area contributed by atoms with Gasteiger partial charge in [-0.25, -0.2) is 0 Å². The second kappa shape index (κ2) is 52.7. The molecule has 0 rings (SSSR count). The van der Waals surface area contributed by atoms with E-state index in [1.165, 1.54) is 135 Å². The zero-order valence-corrected chi connectivity index (χ0v) is 42.3. The molecule has 64 heavy (non-hydrogen) atoms. The molecule has 0 bridgehead atoms. The molecule has 0 saturated heterocycles. The highest BCUT2D eigenvalue weighted by molar-refractivity contribution is 5.71. The molecule has 0 fully saturated rings. The second-order valence-corrected chi connectivity index (χ2v) is 18.1. The van der Waals surface area contributed by atoms with Gasteiger partial charge in [-0.1, -0.05) is 248 Å². The number of allylic oxidation sites excluding steroid dienone is 10. The molecule has 1 atom stereocenters. The summed E-state index contributed by atoms with van der Waals surface area (Å²) in [6, 6.07) is 0. The average molecular weight is 895 g/mol. The first-order valence-electron chi connectivity index (χ1n) is 27.3. The van der Waals surface area contributed by atoms with Gasteiger partial charge in [0.25, 0.3) is 0 Å². The summed E-state index contributed by atoms with van der Waals surface area (Å²) in [6.45, 7) is 6.52. The Morgan fingerprint density at radius 2 is 0.609 bits per heavy atom. The van der Waals surface area contributed by atoms with Gasteiger partial charge >= 0.3 is 17.9 Å². The van der Waals surface area contributed by atoms with Crippen molar-refractivity contribution in [1.29, 1.82) is 0 Å². The molecule has 6 nitrogen and oxygen atoms in total. The van der Waals surface area contributed by atoms with E-state index in [1.807, 2.05) is 0 Å².